The van der Waals surface area contributed by atoms with Gasteiger partial charge in [-0.15, -0.1) is 0 Å². The van der Waals surface area contributed by atoms with Crippen LogP contribution in [0.25, 0.3) is 16.7 Å². The molecular weight excluding hydrogens is 483 g/mol. The van der Waals surface area contributed by atoms with Gasteiger partial charge in [-0.05, 0) is 62.2 Å². The minimum absolute atomic E-state index is 0.0874. The van der Waals surface area contributed by atoms with Crippen LogP contribution in [0.15, 0.2) is 47.5 Å². The standard InChI is InChI=1S/C26H26F3N7O/c1-15(2)35-23(37)20-12-32-24(33-18-4-3-16-5-7-30-11-17(16)9-18)34-22(20)36(35)19-6-8-31-21(10-19)25(27)13-26(28,29)14-25/h3-4,6,8-10,12,15,30H,5,7,11,13-14H2,1-2H3,(H,32,33,34). The molecule has 1 fully saturated rings. The zero-order valence-corrected chi connectivity index (χ0v) is 20.4. The molecule has 1 saturated carbocycles. The molecule has 0 atom stereocenters. The minimum Gasteiger partial charge on any atom is -0.324 e. The van der Waals surface area contributed by atoms with E-state index < -0.39 is 24.4 Å². The second-order valence-corrected chi connectivity index (χ2v) is 10.1. The number of benzene rings is 1. The number of hydrogen-bond acceptors (Lipinski definition) is 6. The molecule has 0 bridgehead atoms. The Kier molecular flexibility index (Phi) is 5.37. The lowest BCUT2D eigenvalue weighted by molar-refractivity contribution is -0.176. The third-order valence-electron chi connectivity index (χ3n) is 6.99. The van der Waals surface area contributed by atoms with E-state index in [0.29, 0.717) is 17.3 Å². The lowest BCUT2D eigenvalue weighted by atomic mass is 9.76. The molecule has 8 nitrogen and oxygen atoms in total. The van der Waals surface area contributed by atoms with Gasteiger partial charge in [-0.1, -0.05) is 6.07 Å². The highest BCUT2D eigenvalue weighted by molar-refractivity contribution is 5.77. The summed E-state index contributed by atoms with van der Waals surface area (Å²) in [5, 5.41) is 6.86. The first-order chi connectivity index (χ1) is 17.6. The summed E-state index contributed by atoms with van der Waals surface area (Å²) in [6, 6.07) is 8.85. The number of hydrogen-bond donors (Lipinski definition) is 2. The molecule has 4 heterocycles. The van der Waals surface area contributed by atoms with Crippen molar-refractivity contribution >= 4 is 22.7 Å². The van der Waals surface area contributed by atoms with Gasteiger partial charge in [0.15, 0.2) is 11.3 Å². The van der Waals surface area contributed by atoms with Crippen molar-refractivity contribution in [1.82, 2.24) is 29.6 Å². The Morgan fingerprint density at radius 2 is 1.89 bits per heavy atom. The van der Waals surface area contributed by atoms with E-state index in [9.17, 15) is 13.6 Å². The predicted molar refractivity (Wildman–Crippen MR) is 133 cm³/mol. The molecule has 192 valence electrons. The summed E-state index contributed by atoms with van der Waals surface area (Å²) < 4.78 is 45.2. The molecule has 11 heteroatoms. The summed E-state index contributed by atoms with van der Waals surface area (Å²) in [6.45, 7) is 5.42. The zero-order chi connectivity index (χ0) is 25.9. The van der Waals surface area contributed by atoms with Crippen LogP contribution in [-0.4, -0.2) is 36.8 Å². The van der Waals surface area contributed by atoms with E-state index in [1.807, 2.05) is 26.0 Å². The Hall–Kier alpha value is -3.73. The van der Waals surface area contributed by atoms with Gasteiger partial charge in [0.05, 0.1) is 24.2 Å². The number of alkyl halides is 3. The van der Waals surface area contributed by atoms with Crippen LogP contribution in [0.1, 0.15) is 49.6 Å². The van der Waals surface area contributed by atoms with Crippen molar-refractivity contribution < 1.29 is 13.2 Å². The van der Waals surface area contributed by atoms with Crippen molar-refractivity contribution in [2.75, 3.05) is 11.9 Å². The Labute approximate surface area is 210 Å². The molecule has 0 saturated heterocycles. The van der Waals surface area contributed by atoms with E-state index in [1.54, 1.807) is 10.7 Å². The van der Waals surface area contributed by atoms with Gasteiger partial charge in [0.2, 0.25) is 5.95 Å². The fraction of sp³-hybridized carbons (Fsp3) is 0.385. The maximum atomic E-state index is 15.2. The molecule has 0 radical (unpaired) electrons. The van der Waals surface area contributed by atoms with Crippen LogP contribution in [0.5, 0.6) is 0 Å². The lowest BCUT2D eigenvalue weighted by Gasteiger charge is -2.40. The number of aromatic nitrogens is 5. The second-order valence-electron chi connectivity index (χ2n) is 10.1. The summed E-state index contributed by atoms with van der Waals surface area (Å²) in [5.41, 5.74) is 1.43. The van der Waals surface area contributed by atoms with Crippen molar-refractivity contribution in [2.45, 2.75) is 57.3 Å². The molecule has 6 rings (SSSR count). The fourth-order valence-corrected chi connectivity index (χ4v) is 5.21. The molecule has 2 N–H and O–H groups in total. The third-order valence-corrected chi connectivity index (χ3v) is 6.99. The highest BCUT2D eigenvalue weighted by Gasteiger charge is 2.59. The molecule has 37 heavy (non-hydrogen) atoms. The number of nitrogens with one attached hydrogen (secondary N) is 2. The first kappa shape index (κ1) is 23.7. The highest BCUT2D eigenvalue weighted by Crippen LogP contribution is 2.54. The van der Waals surface area contributed by atoms with Gasteiger partial charge in [-0.2, -0.15) is 4.98 Å². The van der Waals surface area contributed by atoms with E-state index in [-0.39, 0.29) is 22.7 Å². The van der Waals surface area contributed by atoms with Crippen LogP contribution < -0.4 is 16.2 Å². The van der Waals surface area contributed by atoms with Gasteiger partial charge in [0.25, 0.3) is 11.5 Å². The van der Waals surface area contributed by atoms with Gasteiger partial charge in [0.1, 0.15) is 5.39 Å². The van der Waals surface area contributed by atoms with E-state index in [4.69, 9.17) is 0 Å². The maximum absolute atomic E-state index is 15.2. The molecule has 0 unspecified atom stereocenters. The van der Waals surface area contributed by atoms with Crippen molar-refractivity contribution in [3.05, 3.63) is 69.9 Å². The fourth-order valence-electron chi connectivity index (χ4n) is 5.21. The summed E-state index contributed by atoms with van der Waals surface area (Å²) in [6.07, 6.45) is 1.98. The minimum atomic E-state index is -3.05. The van der Waals surface area contributed by atoms with E-state index in [2.05, 4.69) is 31.7 Å². The largest absolute Gasteiger partial charge is 0.324 e. The predicted octanol–water partition coefficient (Wildman–Crippen LogP) is 4.54. The van der Waals surface area contributed by atoms with Crippen LogP contribution in [-0.2, 0) is 18.6 Å². The van der Waals surface area contributed by atoms with Crippen LogP contribution in [0.3, 0.4) is 0 Å². The van der Waals surface area contributed by atoms with Gasteiger partial charge in [0, 0.05) is 30.7 Å². The summed E-state index contributed by atoms with van der Waals surface area (Å²) in [7, 11) is 0. The SMILES string of the molecule is CC(C)n1c(=O)c2cnc(Nc3ccc4c(c3)CNCC4)nc2n1-c1ccnc(C2(F)CC(F)(F)C2)c1. The van der Waals surface area contributed by atoms with Gasteiger partial charge in [-0.3, -0.25) is 9.78 Å². The molecule has 2 aliphatic rings. The first-order valence-corrected chi connectivity index (χ1v) is 12.3. The highest BCUT2D eigenvalue weighted by atomic mass is 19.3. The van der Waals surface area contributed by atoms with Crippen molar-refractivity contribution in [3.63, 3.8) is 0 Å². The zero-order valence-electron chi connectivity index (χ0n) is 20.4. The molecule has 1 aliphatic carbocycles. The Balaban J connectivity index is 1.43. The monoisotopic (exact) mass is 509 g/mol. The molecule has 4 aromatic rings. The Morgan fingerprint density at radius 1 is 1.08 bits per heavy atom. The normalized spacial score (nSPS) is 18.0. The summed E-state index contributed by atoms with van der Waals surface area (Å²) in [4.78, 5) is 26.3. The van der Waals surface area contributed by atoms with Gasteiger partial charge in [-0.25, -0.2) is 27.5 Å². The smallest absolute Gasteiger partial charge is 0.278 e. The number of halogens is 3. The summed E-state index contributed by atoms with van der Waals surface area (Å²) in [5.74, 6) is -2.76. The van der Waals surface area contributed by atoms with Crippen molar-refractivity contribution in [1.29, 1.82) is 0 Å². The number of nitrogens with zero attached hydrogens (tertiary/aromatic N) is 5. The molecule has 0 amide bonds. The topological polar surface area (TPSA) is 89.7 Å². The number of anilines is 2. The average Bonchev–Trinajstić information content (AvgIpc) is 3.14. The third kappa shape index (κ3) is 4.07. The molecular formula is C26H26F3N7O. The van der Waals surface area contributed by atoms with Crippen molar-refractivity contribution in [3.8, 4) is 5.69 Å². The van der Waals surface area contributed by atoms with Crippen LogP contribution in [0.4, 0.5) is 24.8 Å². The van der Waals surface area contributed by atoms with Crippen LogP contribution in [0.2, 0.25) is 0 Å². The van der Waals surface area contributed by atoms with Crippen molar-refractivity contribution in [2.24, 2.45) is 0 Å². The quantitative estimate of drug-likeness (QED) is 0.411. The molecule has 1 aromatic carbocycles. The number of fused-ring (bicyclic) bond motifs is 2. The Bertz CT molecular complexity index is 1570. The molecule has 0 spiro atoms. The van der Waals surface area contributed by atoms with Gasteiger partial charge >= 0.3 is 0 Å². The number of rotatable bonds is 5. The van der Waals surface area contributed by atoms with E-state index in [0.717, 1.165) is 25.2 Å². The van der Waals surface area contributed by atoms with E-state index >= 15 is 4.39 Å². The second kappa shape index (κ2) is 8.41. The van der Waals surface area contributed by atoms with Crippen LogP contribution >= 0.6 is 0 Å². The molecule has 1 aliphatic heterocycles. The molecule has 3 aromatic heterocycles. The maximum Gasteiger partial charge on any atom is 0.278 e. The summed E-state index contributed by atoms with van der Waals surface area (Å²) >= 11 is 0. The van der Waals surface area contributed by atoms with E-state index in [1.165, 1.54) is 34.3 Å². The lowest BCUT2D eigenvalue weighted by Crippen LogP contribution is -2.46. The first-order valence-electron chi connectivity index (χ1n) is 12.3. The Morgan fingerprint density at radius 3 is 2.65 bits per heavy atom. The average molecular weight is 510 g/mol. The number of pyridine rings is 1. The van der Waals surface area contributed by atoms with Crippen LogP contribution in [0, 0.1) is 0 Å². The van der Waals surface area contributed by atoms with Gasteiger partial charge < -0.3 is 10.6 Å².